The summed E-state index contributed by atoms with van der Waals surface area (Å²) in [6.45, 7) is 13.5. The highest BCUT2D eigenvalue weighted by molar-refractivity contribution is 5.88. The van der Waals surface area contributed by atoms with Gasteiger partial charge in [0.15, 0.2) is 0 Å². The number of piperidine rings is 1. The second-order valence-electron chi connectivity index (χ2n) is 17.5. The van der Waals surface area contributed by atoms with E-state index in [9.17, 15) is 9.59 Å². The Morgan fingerprint density at radius 2 is 1.09 bits per heavy atom. The zero-order chi connectivity index (χ0) is 39.9. The molecule has 1 saturated heterocycles. The van der Waals surface area contributed by atoms with Crippen LogP contribution >= 0.6 is 0 Å². The number of likely N-dealkylation sites (tertiary alicyclic amines) is 1. The largest absolute Gasteiger partial charge is 0.444 e. The molecule has 0 spiro atoms. The van der Waals surface area contributed by atoms with Gasteiger partial charge in [-0.25, -0.2) is 4.79 Å². The number of nitrogens with zero attached hydrogens (tertiary/aromatic N) is 1. The standard InChI is InChI=1S/C48H86N2O5/c1-6-8-10-12-14-16-18-20-22-24-26-31-39-53-42-44(54-40-32-27-25-23-21-19-17-15-13-11-9-7-2)41-49-45(51)48(43-33-29-28-30-34-43)35-37-50(38-36-48)46(52)55-47(3,4)5/h28-30,33-34,44H,6-27,31-32,35-42H2,1-5H3,(H,49,51)/t44-/m0/s1. The van der Waals surface area contributed by atoms with Gasteiger partial charge in [-0.2, -0.15) is 0 Å². The van der Waals surface area contributed by atoms with Crippen molar-refractivity contribution in [2.45, 2.75) is 219 Å². The highest BCUT2D eigenvalue weighted by Crippen LogP contribution is 2.36. The predicted octanol–water partition coefficient (Wildman–Crippen LogP) is 12.9. The van der Waals surface area contributed by atoms with Crippen LogP contribution in [-0.4, -0.2) is 68.1 Å². The van der Waals surface area contributed by atoms with Gasteiger partial charge in [0.05, 0.1) is 18.1 Å². The minimum Gasteiger partial charge on any atom is -0.444 e. The van der Waals surface area contributed by atoms with Gasteiger partial charge in [-0.1, -0.05) is 185 Å². The maximum Gasteiger partial charge on any atom is 0.410 e. The molecule has 7 nitrogen and oxygen atoms in total. The molecule has 1 fully saturated rings. The Kier molecular flexibility index (Phi) is 27.6. The Labute approximate surface area is 339 Å². The molecule has 1 aliphatic rings. The summed E-state index contributed by atoms with van der Waals surface area (Å²) in [5.74, 6) is 0.00228. The van der Waals surface area contributed by atoms with Gasteiger partial charge < -0.3 is 24.4 Å². The van der Waals surface area contributed by atoms with E-state index in [1.807, 2.05) is 51.1 Å². The number of unbranched alkanes of at least 4 members (excludes halogenated alkanes) is 22. The summed E-state index contributed by atoms with van der Waals surface area (Å²) < 4.78 is 18.2. The Bertz CT molecular complexity index is 1070. The van der Waals surface area contributed by atoms with Crippen molar-refractivity contribution >= 4 is 12.0 Å². The van der Waals surface area contributed by atoms with Gasteiger partial charge in [0.1, 0.15) is 5.60 Å². The van der Waals surface area contributed by atoms with Crippen LogP contribution in [0.5, 0.6) is 0 Å². The van der Waals surface area contributed by atoms with E-state index < -0.39 is 11.0 Å². The number of ether oxygens (including phenoxy) is 3. The molecule has 1 aromatic rings. The quantitative estimate of drug-likeness (QED) is 0.0720. The van der Waals surface area contributed by atoms with Crippen molar-refractivity contribution in [1.82, 2.24) is 10.2 Å². The minimum absolute atomic E-state index is 0.00228. The van der Waals surface area contributed by atoms with E-state index in [1.165, 1.54) is 141 Å². The lowest BCUT2D eigenvalue weighted by Crippen LogP contribution is -2.54. The fourth-order valence-electron chi connectivity index (χ4n) is 7.80. The fraction of sp³-hybridized carbons (Fsp3) is 0.833. The lowest BCUT2D eigenvalue weighted by Gasteiger charge is -2.41. The van der Waals surface area contributed by atoms with Crippen LogP contribution in [0.1, 0.15) is 207 Å². The lowest BCUT2D eigenvalue weighted by molar-refractivity contribution is -0.129. The van der Waals surface area contributed by atoms with E-state index in [-0.39, 0.29) is 18.1 Å². The number of carbonyl (C=O) groups is 2. The molecule has 0 aliphatic carbocycles. The molecule has 1 aromatic carbocycles. The second-order valence-corrected chi connectivity index (χ2v) is 17.5. The monoisotopic (exact) mass is 771 g/mol. The van der Waals surface area contributed by atoms with E-state index in [4.69, 9.17) is 14.2 Å². The predicted molar refractivity (Wildman–Crippen MR) is 231 cm³/mol. The maximum atomic E-state index is 14.2. The van der Waals surface area contributed by atoms with Crippen LogP contribution in [0.3, 0.4) is 0 Å². The van der Waals surface area contributed by atoms with Crippen LogP contribution in [-0.2, 0) is 24.4 Å². The third-order valence-electron chi connectivity index (χ3n) is 11.3. The molecule has 0 unspecified atom stereocenters. The summed E-state index contributed by atoms with van der Waals surface area (Å²) in [7, 11) is 0. The molecular formula is C48H86N2O5. The van der Waals surface area contributed by atoms with Gasteiger partial charge in [0, 0.05) is 32.8 Å². The first-order valence-electron chi connectivity index (χ1n) is 23.2. The molecule has 0 radical (unpaired) electrons. The SMILES string of the molecule is CCCCCCCCCCCCCCOC[C@H](CNC(=O)C1(c2ccccc2)CCN(C(=O)OC(C)(C)C)CC1)OCCCCCCCCCCCCCC. The van der Waals surface area contributed by atoms with Gasteiger partial charge in [0.2, 0.25) is 5.91 Å². The van der Waals surface area contributed by atoms with E-state index >= 15 is 0 Å². The summed E-state index contributed by atoms with van der Waals surface area (Å²) >= 11 is 0. The molecule has 7 heteroatoms. The number of hydrogen-bond acceptors (Lipinski definition) is 5. The van der Waals surface area contributed by atoms with Crippen molar-refractivity contribution in [3.63, 3.8) is 0 Å². The molecule has 1 heterocycles. The molecule has 1 N–H and O–H groups in total. The number of carbonyl (C=O) groups excluding carboxylic acids is 2. The number of rotatable bonds is 33. The van der Waals surface area contributed by atoms with Crippen molar-refractivity contribution in [3.05, 3.63) is 35.9 Å². The molecule has 0 aromatic heterocycles. The van der Waals surface area contributed by atoms with Crippen molar-refractivity contribution in [2.75, 3.05) is 39.5 Å². The maximum absolute atomic E-state index is 14.2. The molecule has 2 amide bonds. The minimum atomic E-state index is -0.713. The molecule has 2 rings (SSSR count). The lowest BCUT2D eigenvalue weighted by atomic mass is 9.72. The highest BCUT2D eigenvalue weighted by atomic mass is 16.6. The summed E-state index contributed by atoms with van der Waals surface area (Å²) in [5.41, 5.74) is -0.274. The first-order chi connectivity index (χ1) is 26.7. The number of hydrogen-bond donors (Lipinski definition) is 1. The van der Waals surface area contributed by atoms with Crippen LogP contribution in [0.2, 0.25) is 0 Å². The summed E-state index contributed by atoms with van der Waals surface area (Å²) in [6, 6.07) is 10.1. The molecular weight excluding hydrogens is 685 g/mol. The van der Waals surface area contributed by atoms with Crippen LogP contribution < -0.4 is 5.32 Å². The van der Waals surface area contributed by atoms with Crippen molar-refractivity contribution in [1.29, 1.82) is 0 Å². The van der Waals surface area contributed by atoms with E-state index in [0.29, 0.717) is 45.7 Å². The van der Waals surface area contributed by atoms with Crippen LogP contribution in [0.15, 0.2) is 30.3 Å². The average molecular weight is 771 g/mol. The molecule has 1 atom stereocenters. The zero-order valence-corrected chi connectivity index (χ0v) is 36.6. The van der Waals surface area contributed by atoms with Crippen LogP contribution in [0.4, 0.5) is 4.79 Å². The number of nitrogens with one attached hydrogen (secondary N) is 1. The smallest absolute Gasteiger partial charge is 0.410 e. The summed E-state index contributed by atoms with van der Waals surface area (Å²) in [5, 5.41) is 3.29. The average Bonchev–Trinajstić information content (AvgIpc) is 3.18. The van der Waals surface area contributed by atoms with Gasteiger partial charge in [-0.05, 0) is 52.0 Å². The summed E-state index contributed by atoms with van der Waals surface area (Å²) in [4.78, 5) is 28.8. The fourth-order valence-corrected chi connectivity index (χ4v) is 7.80. The van der Waals surface area contributed by atoms with Gasteiger partial charge >= 0.3 is 6.09 Å². The molecule has 318 valence electrons. The van der Waals surface area contributed by atoms with E-state index in [2.05, 4.69) is 19.2 Å². The molecule has 0 bridgehead atoms. The third kappa shape index (κ3) is 23.0. The topological polar surface area (TPSA) is 77.1 Å². The van der Waals surface area contributed by atoms with Crippen molar-refractivity contribution in [3.8, 4) is 0 Å². The highest BCUT2D eigenvalue weighted by Gasteiger charge is 2.44. The van der Waals surface area contributed by atoms with Gasteiger partial charge in [-0.3, -0.25) is 4.79 Å². The van der Waals surface area contributed by atoms with Crippen LogP contribution in [0.25, 0.3) is 0 Å². The summed E-state index contributed by atoms with van der Waals surface area (Å²) in [6.07, 6.45) is 32.3. The first-order valence-corrected chi connectivity index (χ1v) is 23.2. The second kappa shape index (κ2) is 30.9. The van der Waals surface area contributed by atoms with Crippen LogP contribution in [0, 0.1) is 0 Å². The number of amides is 2. The first kappa shape index (κ1) is 49.0. The normalized spacial score (nSPS) is 14.9. The third-order valence-corrected chi connectivity index (χ3v) is 11.3. The zero-order valence-electron chi connectivity index (χ0n) is 36.6. The Balaban J connectivity index is 1.82. The van der Waals surface area contributed by atoms with E-state index in [1.54, 1.807) is 4.90 Å². The van der Waals surface area contributed by atoms with Gasteiger partial charge in [0.25, 0.3) is 0 Å². The van der Waals surface area contributed by atoms with Gasteiger partial charge in [-0.15, -0.1) is 0 Å². The molecule has 1 aliphatic heterocycles. The van der Waals surface area contributed by atoms with Crippen molar-refractivity contribution in [2.24, 2.45) is 0 Å². The molecule has 55 heavy (non-hydrogen) atoms. The van der Waals surface area contributed by atoms with Crippen molar-refractivity contribution < 1.29 is 23.8 Å². The number of benzene rings is 1. The Hall–Kier alpha value is -2.12. The molecule has 0 saturated carbocycles. The Morgan fingerprint density at radius 3 is 1.55 bits per heavy atom. The van der Waals surface area contributed by atoms with E-state index in [0.717, 1.165) is 25.0 Å². The Morgan fingerprint density at radius 1 is 0.655 bits per heavy atom.